The third-order valence-corrected chi connectivity index (χ3v) is 7.11. The van der Waals surface area contributed by atoms with E-state index in [9.17, 15) is 4.79 Å². The maximum atomic E-state index is 11.3. The molecule has 1 heterocycles. The molecule has 4 N–H and O–H groups in total. The van der Waals surface area contributed by atoms with Crippen molar-refractivity contribution in [1.82, 2.24) is 4.98 Å². The van der Waals surface area contributed by atoms with Crippen molar-refractivity contribution in [3.8, 4) is 10.4 Å². The van der Waals surface area contributed by atoms with E-state index in [1.54, 1.807) is 11.3 Å². The second-order valence-electron chi connectivity index (χ2n) is 7.86. The van der Waals surface area contributed by atoms with Crippen LogP contribution in [0.4, 0.5) is 5.69 Å². The molecular weight excluding hydrogens is 346 g/mol. The largest absolute Gasteiger partial charge is 0.454 e. The number of carbonyl (C=O) groups is 1. The number of anilines is 1. The average Bonchev–Trinajstić information content (AvgIpc) is 3.09. The first-order chi connectivity index (χ1) is 12.3. The molecule has 3 rings (SSSR count). The van der Waals surface area contributed by atoms with Gasteiger partial charge >= 0.3 is 0 Å². The Morgan fingerprint density at radius 3 is 2.81 bits per heavy atom. The van der Waals surface area contributed by atoms with E-state index in [4.69, 9.17) is 16.2 Å². The molecule has 0 aliphatic heterocycles. The van der Waals surface area contributed by atoms with Crippen LogP contribution < -0.4 is 11.5 Å². The zero-order valence-corrected chi connectivity index (χ0v) is 16.4. The van der Waals surface area contributed by atoms with Crippen molar-refractivity contribution in [1.29, 1.82) is 0 Å². The van der Waals surface area contributed by atoms with Crippen molar-refractivity contribution in [3.63, 3.8) is 0 Å². The molecular formula is C20H27N3O2S. The van der Waals surface area contributed by atoms with Gasteiger partial charge in [0.05, 0.1) is 4.88 Å². The Morgan fingerprint density at radius 1 is 1.35 bits per heavy atom. The molecule has 2 unspecified atom stereocenters. The van der Waals surface area contributed by atoms with Crippen LogP contribution in [0, 0.1) is 11.3 Å². The Balaban J connectivity index is 2.04. The molecule has 2 atom stereocenters. The van der Waals surface area contributed by atoms with Gasteiger partial charge < -0.3 is 16.2 Å². The van der Waals surface area contributed by atoms with E-state index in [2.05, 4.69) is 25.8 Å². The number of thiazole rings is 1. The normalized spacial score (nSPS) is 25.0. The summed E-state index contributed by atoms with van der Waals surface area (Å²) in [5.74, 6) is 0.174. The summed E-state index contributed by atoms with van der Waals surface area (Å²) in [7, 11) is 0. The van der Waals surface area contributed by atoms with E-state index in [1.165, 1.54) is 0 Å². The van der Waals surface area contributed by atoms with Gasteiger partial charge in [0.1, 0.15) is 5.01 Å². The standard InChI is InChI=1S/C20H27N3O2S/c1-13-19(2,3)5-4-6-20(13,25-12-24)18-23-11-17(26-18)15-7-14(10-21)8-16(22)9-15/h7-9,11-13H,4-6,10,21-22H2,1-3H3. The van der Waals surface area contributed by atoms with Crippen molar-refractivity contribution >= 4 is 23.5 Å². The van der Waals surface area contributed by atoms with Crippen LogP contribution in [0.3, 0.4) is 0 Å². The molecule has 1 aliphatic carbocycles. The number of carbonyl (C=O) groups excluding carboxylic acids is 1. The Kier molecular flexibility index (Phi) is 5.08. The fraction of sp³-hybridized carbons (Fsp3) is 0.500. The average molecular weight is 374 g/mol. The van der Waals surface area contributed by atoms with E-state index in [0.717, 1.165) is 40.3 Å². The first kappa shape index (κ1) is 18.9. The number of nitrogen functional groups attached to an aromatic ring is 1. The lowest BCUT2D eigenvalue weighted by atomic mass is 9.62. The maximum absolute atomic E-state index is 11.3. The van der Waals surface area contributed by atoms with Gasteiger partial charge in [0.25, 0.3) is 6.47 Å². The van der Waals surface area contributed by atoms with E-state index in [1.807, 2.05) is 24.4 Å². The Labute approximate surface area is 158 Å². The van der Waals surface area contributed by atoms with Crippen LogP contribution in [0.1, 0.15) is 50.6 Å². The molecule has 5 nitrogen and oxygen atoms in total. The summed E-state index contributed by atoms with van der Waals surface area (Å²) in [6.45, 7) is 7.65. The smallest absolute Gasteiger partial charge is 0.294 e. The van der Waals surface area contributed by atoms with Gasteiger partial charge in [-0.15, -0.1) is 11.3 Å². The lowest BCUT2D eigenvalue weighted by molar-refractivity contribution is -0.166. The Morgan fingerprint density at radius 2 is 2.12 bits per heavy atom. The second-order valence-corrected chi connectivity index (χ2v) is 8.90. The molecule has 1 aliphatic rings. The minimum atomic E-state index is -0.663. The van der Waals surface area contributed by atoms with Crippen LogP contribution in [0.25, 0.3) is 10.4 Å². The second kappa shape index (κ2) is 7.00. The number of rotatable bonds is 5. The third-order valence-electron chi connectivity index (χ3n) is 5.90. The number of aromatic nitrogens is 1. The van der Waals surface area contributed by atoms with Crippen LogP contribution in [-0.2, 0) is 21.7 Å². The molecule has 0 amide bonds. The lowest BCUT2D eigenvalue weighted by Gasteiger charge is -2.48. The molecule has 1 aromatic carbocycles. The van der Waals surface area contributed by atoms with Crippen LogP contribution in [0.5, 0.6) is 0 Å². The number of ether oxygens (including phenoxy) is 1. The molecule has 0 radical (unpaired) electrons. The molecule has 1 fully saturated rings. The summed E-state index contributed by atoms with van der Waals surface area (Å²) in [6.07, 6.45) is 4.77. The topological polar surface area (TPSA) is 91.2 Å². The van der Waals surface area contributed by atoms with Crippen molar-refractivity contribution in [2.24, 2.45) is 17.1 Å². The summed E-state index contributed by atoms with van der Waals surface area (Å²) in [5, 5.41) is 0.858. The summed E-state index contributed by atoms with van der Waals surface area (Å²) in [5.41, 5.74) is 13.9. The number of hydrogen-bond donors (Lipinski definition) is 2. The fourth-order valence-corrected chi connectivity index (χ4v) is 5.20. The van der Waals surface area contributed by atoms with Crippen LogP contribution in [0.2, 0.25) is 0 Å². The molecule has 26 heavy (non-hydrogen) atoms. The van der Waals surface area contributed by atoms with Gasteiger partial charge in [-0.2, -0.15) is 0 Å². The van der Waals surface area contributed by atoms with Crippen molar-refractivity contribution in [2.75, 3.05) is 5.73 Å². The van der Waals surface area contributed by atoms with Gasteiger partial charge in [0.15, 0.2) is 5.60 Å². The fourth-order valence-electron chi connectivity index (χ4n) is 4.04. The predicted octanol–water partition coefficient (Wildman–Crippen LogP) is 4.07. The first-order valence-electron chi connectivity index (χ1n) is 9.00. The van der Waals surface area contributed by atoms with Crippen LogP contribution in [0.15, 0.2) is 24.4 Å². The van der Waals surface area contributed by atoms with E-state index in [0.29, 0.717) is 18.7 Å². The monoisotopic (exact) mass is 373 g/mol. The van der Waals surface area contributed by atoms with Crippen molar-refractivity contribution in [2.45, 2.75) is 52.2 Å². The first-order valence-corrected chi connectivity index (χ1v) is 9.82. The molecule has 1 aromatic heterocycles. The SMILES string of the molecule is CC1C(C)(C)CCCC1(OC=O)c1ncc(-c2cc(N)cc(CN)c2)s1. The quantitative estimate of drug-likeness (QED) is 0.609. The minimum Gasteiger partial charge on any atom is -0.454 e. The van der Waals surface area contributed by atoms with Crippen molar-refractivity contribution in [3.05, 3.63) is 35.0 Å². The van der Waals surface area contributed by atoms with E-state index in [-0.39, 0.29) is 11.3 Å². The van der Waals surface area contributed by atoms with Gasteiger partial charge in [-0.1, -0.05) is 20.8 Å². The van der Waals surface area contributed by atoms with E-state index < -0.39 is 5.60 Å². The Hall–Kier alpha value is -1.92. The van der Waals surface area contributed by atoms with Gasteiger partial charge in [0.2, 0.25) is 0 Å². The van der Waals surface area contributed by atoms with Gasteiger partial charge in [-0.05, 0) is 54.0 Å². The van der Waals surface area contributed by atoms with Gasteiger partial charge in [-0.3, -0.25) is 4.79 Å². The summed E-state index contributed by atoms with van der Waals surface area (Å²) in [4.78, 5) is 17.0. The van der Waals surface area contributed by atoms with Gasteiger partial charge in [0, 0.05) is 24.3 Å². The molecule has 0 saturated heterocycles. The number of hydrogen-bond acceptors (Lipinski definition) is 6. The molecule has 1 saturated carbocycles. The number of benzene rings is 1. The minimum absolute atomic E-state index is 0.0803. The van der Waals surface area contributed by atoms with Crippen LogP contribution in [-0.4, -0.2) is 11.5 Å². The summed E-state index contributed by atoms with van der Waals surface area (Å²) < 4.78 is 5.74. The highest BCUT2D eigenvalue weighted by Crippen LogP contribution is 2.53. The number of nitrogens with zero attached hydrogens (tertiary/aromatic N) is 1. The van der Waals surface area contributed by atoms with Crippen molar-refractivity contribution < 1.29 is 9.53 Å². The van der Waals surface area contributed by atoms with Crippen LogP contribution >= 0.6 is 11.3 Å². The highest BCUT2D eigenvalue weighted by atomic mass is 32.1. The summed E-state index contributed by atoms with van der Waals surface area (Å²) in [6, 6.07) is 5.85. The molecule has 0 spiro atoms. The Bertz CT molecular complexity index is 802. The maximum Gasteiger partial charge on any atom is 0.294 e. The highest BCUT2D eigenvalue weighted by Gasteiger charge is 2.51. The molecule has 6 heteroatoms. The highest BCUT2D eigenvalue weighted by molar-refractivity contribution is 7.15. The zero-order chi connectivity index (χ0) is 18.9. The molecule has 0 bridgehead atoms. The molecule has 2 aromatic rings. The number of nitrogens with two attached hydrogens (primary N) is 2. The lowest BCUT2D eigenvalue weighted by Crippen LogP contribution is -2.47. The van der Waals surface area contributed by atoms with Gasteiger partial charge in [-0.25, -0.2) is 4.98 Å². The zero-order valence-electron chi connectivity index (χ0n) is 15.6. The van der Waals surface area contributed by atoms with E-state index >= 15 is 0 Å². The predicted molar refractivity (Wildman–Crippen MR) is 105 cm³/mol. The molecule has 140 valence electrons. The summed E-state index contributed by atoms with van der Waals surface area (Å²) >= 11 is 1.57. The third kappa shape index (κ3) is 3.23.